The molecular formula is C18H23F3N2O3. The number of esters is 1. The van der Waals surface area contributed by atoms with E-state index in [0.717, 1.165) is 25.0 Å². The van der Waals surface area contributed by atoms with Crippen molar-refractivity contribution in [2.45, 2.75) is 38.9 Å². The Morgan fingerprint density at radius 1 is 1.31 bits per heavy atom. The number of ether oxygens (including phenoxy) is 1. The van der Waals surface area contributed by atoms with Crippen LogP contribution < -0.4 is 5.32 Å². The number of hydrogen-bond acceptors (Lipinski definition) is 4. The predicted octanol–water partition coefficient (Wildman–Crippen LogP) is 3.31. The van der Waals surface area contributed by atoms with Gasteiger partial charge in [-0.2, -0.15) is 13.2 Å². The Hall–Kier alpha value is -2.09. The summed E-state index contributed by atoms with van der Waals surface area (Å²) in [5, 5.41) is 2.62. The van der Waals surface area contributed by atoms with Crippen LogP contribution in [0.3, 0.4) is 0 Å². The Kier molecular flexibility index (Phi) is 6.63. The van der Waals surface area contributed by atoms with Gasteiger partial charge in [0.25, 0.3) is 0 Å². The molecule has 1 aliphatic rings. The number of benzene rings is 1. The summed E-state index contributed by atoms with van der Waals surface area (Å²) in [4.78, 5) is 26.2. The van der Waals surface area contributed by atoms with Gasteiger partial charge in [0.1, 0.15) is 0 Å². The minimum Gasteiger partial charge on any atom is -0.466 e. The maximum Gasteiger partial charge on any atom is 0.416 e. The quantitative estimate of drug-likeness (QED) is 0.806. The molecule has 1 aliphatic heterocycles. The number of hydrogen-bond donors (Lipinski definition) is 1. The highest BCUT2D eigenvalue weighted by molar-refractivity contribution is 5.94. The van der Waals surface area contributed by atoms with Crippen LogP contribution in [0.1, 0.15) is 32.3 Å². The zero-order valence-electron chi connectivity index (χ0n) is 14.8. The van der Waals surface area contributed by atoms with E-state index in [2.05, 4.69) is 5.32 Å². The first-order valence-corrected chi connectivity index (χ1v) is 8.61. The van der Waals surface area contributed by atoms with Crippen LogP contribution >= 0.6 is 0 Å². The highest BCUT2D eigenvalue weighted by Crippen LogP contribution is 2.30. The highest BCUT2D eigenvalue weighted by atomic mass is 19.4. The van der Waals surface area contributed by atoms with E-state index in [0.29, 0.717) is 25.4 Å². The van der Waals surface area contributed by atoms with Crippen molar-refractivity contribution < 1.29 is 27.5 Å². The van der Waals surface area contributed by atoms with Crippen LogP contribution in [0.25, 0.3) is 0 Å². The fourth-order valence-electron chi connectivity index (χ4n) is 2.97. The smallest absolute Gasteiger partial charge is 0.416 e. The second-order valence-electron chi connectivity index (χ2n) is 6.33. The molecule has 5 nitrogen and oxygen atoms in total. The number of rotatable bonds is 5. The summed E-state index contributed by atoms with van der Waals surface area (Å²) in [6.45, 7) is 4.89. The predicted molar refractivity (Wildman–Crippen MR) is 90.5 cm³/mol. The molecular weight excluding hydrogens is 349 g/mol. The number of nitrogens with zero attached hydrogens (tertiary/aromatic N) is 1. The van der Waals surface area contributed by atoms with E-state index in [4.69, 9.17) is 4.74 Å². The van der Waals surface area contributed by atoms with Crippen LogP contribution in [0.15, 0.2) is 24.3 Å². The van der Waals surface area contributed by atoms with E-state index in [1.54, 1.807) is 13.8 Å². The molecule has 1 saturated heterocycles. The molecule has 0 aromatic heterocycles. The molecule has 1 N–H and O–H groups in total. The fourth-order valence-corrected chi connectivity index (χ4v) is 2.97. The van der Waals surface area contributed by atoms with Gasteiger partial charge < -0.3 is 10.1 Å². The van der Waals surface area contributed by atoms with Crippen LogP contribution in [-0.4, -0.2) is 42.5 Å². The van der Waals surface area contributed by atoms with E-state index in [1.165, 1.54) is 12.1 Å². The largest absolute Gasteiger partial charge is 0.466 e. The standard InChI is InChI=1S/C18H23F3N2O3/c1-3-26-17(25)13-5-4-10-23(11-13)12(2)16(24)22-15-8-6-14(7-9-15)18(19,20)21/h6-9,12-13H,3-5,10-11H2,1-2H3,(H,22,24). The Morgan fingerprint density at radius 3 is 2.54 bits per heavy atom. The topological polar surface area (TPSA) is 58.6 Å². The minimum absolute atomic E-state index is 0.257. The number of halogens is 3. The molecule has 0 saturated carbocycles. The van der Waals surface area contributed by atoms with Gasteiger partial charge >= 0.3 is 12.1 Å². The lowest BCUT2D eigenvalue weighted by Crippen LogP contribution is -2.48. The summed E-state index contributed by atoms with van der Waals surface area (Å²) >= 11 is 0. The molecule has 2 rings (SSSR count). The van der Waals surface area contributed by atoms with Crippen LogP contribution in [0.4, 0.5) is 18.9 Å². The summed E-state index contributed by atoms with van der Waals surface area (Å²) < 4.78 is 42.8. The molecule has 2 atom stereocenters. The number of carbonyl (C=O) groups is 2. The van der Waals surface area contributed by atoms with E-state index >= 15 is 0 Å². The first-order chi connectivity index (χ1) is 12.2. The number of alkyl halides is 3. The van der Waals surface area contributed by atoms with Gasteiger partial charge in [-0.15, -0.1) is 0 Å². The lowest BCUT2D eigenvalue weighted by Gasteiger charge is -2.35. The third kappa shape index (κ3) is 5.20. The maximum absolute atomic E-state index is 12.6. The van der Waals surface area contributed by atoms with Gasteiger partial charge in [-0.25, -0.2) is 0 Å². The van der Waals surface area contributed by atoms with E-state index < -0.39 is 17.8 Å². The van der Waals surface area contributed by atoms with Gasteiger partial charge in [0, 0.05) is 12.2 Å². The lowest BCUT2D eigenvalue weighted by molar-refractivity contribution is -0.150. The molecule has 1 amide bonds. The molecule has 26 heavy (non-hydrogen) atoms. The second-order valence-corrected chi connectivity index (χ2v) is 6.33. The Balaban J connectivity index is 1.95. The van der Waals surface area contributed by atoms with Crippen LogP contribution in [0, 0.1) is 5.92 Å². The average Bonchev–Trinajstić information content (AvgIpc) is 2.61. The number of amides is 1. The minimum atomic E-state index is -4.41. The fraction of sp³-hybridized carbons (Fsp3) is 0.556. The van der Waals surface area contributed by atoms with E-state index in [-0.39, 0.29) is 17.8 Å². The van der Waals surface area contributed by atoms with Gasteiger partial charge in [-0.05, 0) is 57.5 Å². The highest BCUT2D eigenvalue weighted by Gasteiger charge is 2.32. The number of carbonyl (C=O) groups excluding carboxylic acids is 2. The molecule has 144 valence electrons. The Morgan fingerprint density at radius 2 is 1.96 bits per heavy atom. The first kappa shape index (κ1) is 20.2. The zero-order chi connectivity index (χ0) is 19.3. The number of anilines is 1. The first-order valence-electron chi connectivity index (χ1n) is 8.61. The number of piperidine rings is 1. The van der Waals surface area contributed by atoms with Crippen LogP contribution in [0.5, 0.6) is 0 Å². The summed E-state index contributed by atoms with van der Waals surface area (Å²) in [6, 6.07) is 3.81. The summed E-state index contributed by atoms with van der Waals surface area (Å²) in [5.74, 6) is -0.841. The molecule has 1 heterocycles. The van der Waals surface area contributed by atoms with Gasteiger partial charge in [-0.3, -0.25) is 14.5 Å². The Labute approximate surface area is 150 Å². The van der Waals surface area contributed by atoms with Crippen molar-refractivity contribution in [2.24, 2.45) is 5.92 Å². The van der Waals surface area contributed by atoms with Gasteiger partial charge in [0.05, 0.1) is 24.1 Å². The number of likely N-dealkylation sites (tertiary alicyclic amines) is 1. The summed E-state index contributed by atoms with van der Waals surface area (Å²) in [5.41, 5.74) is -0.467. The molecule has 2 unspecified atom stereocenters. The second kappa shape index (κ2) is 8.53. The van der Waals surface area contributed by atoms with Crippen molar-refractivity contribution in [3.8, 4) is 0 Å². The summed E-state index contributed by atoms with van der Waals surface area (Å²) in [6.07, 6.45) is -2.91. The maximum atomic E-state index is 12.6. The van der Waals surface area contributed by atoms with Crippen molar-refractivity contribution in [3.05, 3.63) is 29.8 Å². The molecule has 0 spiro atoms. The lowest BCUT2D eigenvalue weighted by atomic mass is 9.97. The van der Waals surface area contributed by atoms with Crippen molar-refractivity contribution in [1.29, 1.82) is 0 Å². The average molecular weight is 372 g/mol. The van der Waals surface area contributed by atoms with E-state index in [1.807, 2.05) is 4.90 Å². The van der Waals surface area contributed by atoms with Gasteiger partial charge in [0.15, 0.2) is 0 Å². The molecule has 0 radical (unpaired) electrons. The zero-order valence-corrected chi connectivity index (χ0v) is 14.8. The van der Waals surface area contributed by atoms with Crippen molar-refractivity contribution in [3.63, 3.8) is 0 Å². The van der Waals surface area contributed by atoms with Gasteiger partial charge in [0.2, 0.25) is 5.91 Å². The molecule has 8 heteroatoms. The molecule has 1 fully saturated rings. The molecule has 0 aliphatic carbocycles. The normalized spacial score (nSPS) is 19.7. The van der Waals surface area contributed by atoms with Crippen molar-refractivity contribution in [2.75, 3.05) is 25.0 Å². The van der Waals surface area contributed by atoms with Crippen LogP contribution in [0.2, 0.25) is 0 Å². The van der Waals surface area contributed by atoms with Gasteiger partial charge in [-0.1, -0.05) is 0 Å². The van der Waals surface area contributed by atoms with Crippen molar-refractivity contribution >= 4 is 17.6 Å². The molecule has 0 bridgehead atoms. The Bertz CT molecular complexity index is 632. The SMILES string of the molecule is CCOC(=O)C1CCCN(C(C)C(=O)Nc2ccc(C(F)(F)F)cc2)C1. The van der Waals surface area contributed by atoms with E-state index in [9.17, 15) is 22.8 Å². The van der Waals surface area contributed by atoms with Crippen molar-refractivity contribution in [1.82, 2.24) is 4.90 Å². The van der Waals surface area contributed by atoms with Crippen LogP contribution in [-0.2, 0) is 20.5 Å². The molecule has 1 aromatic carbocycles. The summed E-state index contributed by atoms with van der Waals surface area (Å²) in [7, 11) is 0. The number of nitrogens with one attached hydrogen (secondary N) is 1. The molecule has 1 aromatic rings. The third-order valence-electron chi connectivity index (χ3n) is 4.48. The third-order valence-corrected chi connectivity index (χ3v) is 4.48. The monoisotopic (exact) mass is 372 g/mol.